The Balaban J connectivity index is 0.000000157. The minimum atomic E-state index is -3.82. The van der Waals surface area contributed by atoms with Crippen molar-refractivity contribution >= 4 is 153 Å². The summed E-state index contributed by atoms with van der Waals surface area (Å²) >= 11 is 25.2. The number of non-ortho nitro benzene ring substituents is 1. The molecule has 2 saturated heterocycles. The second-order valence-corrected chi connectivity index (χ2v) is 33.8. The average Bonchev–Trinajstić information content (AvgIpc) is 1.65. The lowest BCUT2D eigenvalue weighted by atomic mass is 9.91. The van der Waals surface area contributed by atoms with E-state index in [1.54, 1.807) is 99.8 Å². The first kappa shape index (κ1) is 97.5. The molecule has 16 rings (SSSR count). The molecule has 7 heterocycles. The lowest BCUT2D eigenvalue weighted by molar-refractivity contribution is -0.464. The summed E-state index contributed by atoms with van der Waals surface area (Å²) in [6, 6.07) is 55.1. The number of thiol groups is 1. The number of hydroxylamine groups is 4. The molecule has 131 heavy (non-hydrogen) atoms. The van der Waals surface area contributed by atoms with E-state index in [9.17, 15) is 52.5 Å². The van der Waals surface area contributed by atoms with E-state index in [4.69, 9.17) is 68.8 Å². The molecule has 46 nitrogen and oxygen atoms in total. The maximum absolute atomic E-state index is 12.8. The molecule has 3 atom stereocenters. The number of nitrogens with zero attached hydrogens (tertiary/aromatic N) is 20. The molecular weight excluding hydrogens is 1840 g/mol. The molecule has 2 aliphatic heterocycles. The largest absolute Gasteiger partial charge is 0.468 e. The standard InChI is InChI=1S/C23H22N6O3S.C19H20N6O3S.C15H15N7O3S2.C8H7N5O2S.C7H8N2O3S.C6H13N5OS/c1-14-7-9-15(10-8-14)28-12-23(2,21(32)25-28)13-29-22(24-26-27-29)33-11-18-16-5-3-4-6-17(16)19(30)20(18)31;1-19(11-24(21-17(19)26)14-5-3-2-4-6-14)12-27-13-28-16-9-7-15(8-10-16)25-18(29)20-22-23-25;1-10(23)16-17-11-5-7-12(8-6-11)19-27(24,25)14-4-2-3-13(9-14)22-15(26)18-20-21-22;14-7(10-15)5-2-1-3-6(4-5)13-8(16)9-11-12-13;1-8(10)6-4-5(9(11)12)2-3-7(6)13;1-2-3-4-10(12)5-11-6(13)7-8-9-11/h3-10,18H,11-13H2,1-2H3,(H,25,32);2-10H,11-13H2,1H3,(H,21,26)(H,20,23,29);2-9,17,19H,1H3,(H,16,23)(H,18,21,26);1-4,15H,(H,10,14)(H,9,12,16);2-4,10,13H,1H3;12H,2-5H2,1H3,(H,7,9,13)/p+1. The summed E-state index contributed by atoms with van der Waals surface area (Å²) in [5.41, 5.74) is 18.8. The number of aromatic amines is 5. The summed E-state index contributed by atoms with van der Waals surface area (Å²) in [5.74, 6) is -1.40. The highest BCUT2D eigenvalue weighted by Gasteiger charge is 2.45. The molecule has 53 heteroatoms. The van der Waals surface area contributed by atoms with Gasteiger partial charge in [-0.1, -0.05) is 138 Å². The van der Waals surface area contributed by atoms with Crippen LogP contribution < -0.4 is 56.8 Å². The summed E-state index contributed by atoms with van der Waals surface area (Å²) in [4.78, 5) is 82.5. The molecule has 1 aliphatic carbocycles. The minimum absolute atomic E-state index is 0.0403. The number of fused-ring (bicyclic) bond motifs is 1. The molecule has 0 bridgehead atoms. The summed E-state index contributed by atoms with van der Waals surface area (Å²) in [7, 11) is -2.45. The van der Waals surface area contributed by atoms with Crippen LogP contribution in [-0.2, 0) is 47.2 Å². The molecular formula is C78H86N31O15S7+. The lowest BCUT2D eigenvalue weighted by Crippen LogP contribution is -2.35. The number of unbranched alkanes of at least 4 members (excludes halogenated alkanes) is 1. The quantitative estimate of drug-likeness (QED) is 0.00252. The van der Waals surface area contributed by atoms with Gasteiger partial charge in [0.2, 0.25) is 48.8 Å². The highest BCUT2D eigenvalue weighted by atomic mass is 32.2. The van der Waals surface area contributed by atoms with Gasteiger partial charge >= 0.3 is 4.77 Å². The first-order valence-corrected chi connectivity index (χ1v) is 43.6. The number of para-hydroxylation sites is 1. The van der Waals surface area contributed by atoms with Crippen molar-refractivity contribution in [1.29, 1.82) is 0 Å². The van der Waals surface area contributed by atoms with Crippen LogP contribution in [0.2, 0.25) is 0 Å². The van der Waals surface area contributed by atoms with Gasteiger partial charge in [0.25, 0.3) is 21.6 Å². The van der Waals surface area contributed by atoms with Gasteiger partial charge in [0.15, 0.2) is 6.79 Å². The summed E-state index contributed by atoms with van der Waals surface area (Å²) in [6.45, 7) is 11.7. The predicted octanol–water partition coefficient (Wildman–Crippen LogP) is 8.36. The average molecular weight is 1920 g/mol. The van der Waals surface area contributed by atoms with Crippen molar-refractivity contribution in [2.45, 2.75) is 81.5 Å². The Hall–Kier alpha value is -14.1. The van der Waals surface area contributed by atoms with Crippen LogP contribution in [0.25, 0.3) is 17.1 Å². The maximum Gasteiger partial charge on any atom is 0.349 e. The zero-order chi connectivity index (χ0) is 94.1. The van der Waals surface area contributed by atoms with Crippen LogP contribution >= 0.6 is 73.3 Å². The molecule has 0 radical (unpaired) electrons. The number of ether oxygens (including phenoxy) is 2. The third-order valence-electron chi connectivity index (χ3n) is 19.3. The number of anilines is 5. The zero-order valence-electron chi connectivity index (χ0n) is 70.2. The van der Waals surface area contributed by atoms with Gasteiger partial charge in [-0.2, -0.15) is 20.7 Å². The summed E-state index contributed by atoms with van der Waals surface area (Å²) in [6.07, 6.45) is 2.00. The fraction of sp³-hybridized carbons (Fsp3) is 0.244. The van der Waals surface area contributed by atoms with E-state index in [1.807, 2.05) is 110 Å². The van der Waals surface area contributed by atoms with Crippen molar-refractivity contribution < 1.29 is 72.3 Å². The highest BCUT2D eigenvalue weighted by molar-refractivity contribution is 7.99. The number of Topliss-reactive ketones (excluding diaryl/α,β-unsaturated/α-hetero) is 2. The number of amides is 4. The number of thioether (sulfide) groups is 1. The van der Waals surface area contributed by atoms with E-state index in [1.165, 1.54) is 75.2 Å². The second kappa shape index (κ2) is 45.2. The van der Waals surface area contributed by atoms with Gasteiger partial charge in [0, 0.05) is 72.3 Å². The van der Waals surface area contributed by atoms with E-state index < -0.39 is 49.2 Å². The SMILES string of the molecule is CC(=O)NNc1ccc(NS(=O)(=O)c2cccc(-n3[nH]nnc3=S)c2)cc1.CC1(COCOc2ccc(-n3[nH]nnc3=S)cc2)CN(c2ccccc2)NC1=O.CCCCN(O)Cn1[nH]nnc1=S.CN(O)c1cc([N+](=O)[O-])ccc1S.Cc1ccc(N2CC(C)(Cn3nnnc3SCC3C(=O)C(=O)c4ccccc43)C(=O)N2)cc1.O=C(NO)c1cccc(-n2[nH]n[nH+]c2=S)c1. The molecule has 14 N–H and O–H groups in total. The van der Waals surface area contributed by atoms with Crippen LogP contribution in [-0.4, -0.2) is 211 Å². The van der Waals surface area contributed by atoms with Crippen molar-refractivity contribution in [1.82, 2.24) is 123 Å². The molecule has 2 fully saturated rings. The summed E-state index contributed by atoms with van der Waals surface area (Å²) < 4.78 is 47.8. The van der Waals surface area contributed by atoms with E-state index in [0.29, 0.717) is 95.1 Å². The van der Waals surface area contributed by atoms with Crippen LogP contribution in [0, 0.1) is 47.0 Å². The number of hydrogen-bond acceptors (Lipinski definition) is 36. The van der Waals surface area contributed by atoms with Gasteiger partial charge in [0.05, 0.1) is 92.1 Å². The van der Waals surface area contributed by atoms with Crippen LogP contribution in [0.4, 0.5) is 34.1 Å². The highest BCUT2D eigenvalue weighted by Crippen LogP contribution is 2.37. The number of aromatic nitrogens is 20. The van der Waals surface area contributed by atoms with E-state index >= 15 is 0 Å². The number of ketones is 2. The monoisotopic (exact) mass is 1920 g/mol. The van der Waals surface area contributed by atoms with Crippen LogP contribution in [0.15, 0.2) is 209 Å². The molecule has 0 spiro atoms. The van der Waals surface area contributed by atoms with Crippen molar-refractivity contribution in [2.75, 3.05) is 71.1 Å². The molecule has 5 aromatic heterocycles. The minimum Gasteiger partial charge on any atom is -0.468 e. The van der Waals surface area contributed by atoms with Gasteiger partial charge in [-0.05, 0) is 195 Å². The molecule has 8 aromatic carbocycles. The number of tetrazole rings is 5. The Morgan fingerprint density at radius 1 is 0.710 bits per heavy atom. The van der Waals surface area contributed by atoms with E-state index in [-0.39, 0.29) is 59.7 Å². The van der Waals surface area contributed by atoms with Crippen molar-refractivity contribution in [2.24, 2.45) is 10.8 Å². The second-order valence-electron chi connectivity index (χ2n) is 29.2. The number of rotatable bonds is 28. The predicted molar refractivity (Wildman–Crippen MR) is 485 cm³/mol. The zero-order valence-corrected chi connectivity index (χ0v) is 76.0. The fourth-order valence-electron chi connectivity index (χ4n) is 12.4. The van der Waals surface area contributed by atoms with Crippen LogP contribution in [0.3, 0.4) is 0 Å². The number of carbonyl (C=O) groups excluding carboxylic acids is 6. The first-order chi connectivity index (χ1) is 62.7. The fourth-order valence-corrected chi connectivity index (χ4v) is 15.5. The number of nitro groups is 1. The van der Waals surface area contributed by atoms with Crippen molar-refractivity contribution in [3.63, 3.8) is 0 Å². The van der Waals surface area contributed by atoms with Gasteiger partial charge < -0.3 is 14.7 Å². The van der Waals surface area contributed by atoms with Gasteiger partial charge in [-0.15, -0.1) is 22.8 Å². The molecule has 3 unspecified atom stereocenters. The Morgan fingerprint density at radius 3 is 1.93 bits per heavy atom. The number of aryl methyl sites for hydroxylation is 1. The van der Waals surface area contributed by atoms with Gasteiger partial charge in [0.1, 0.15) is 18.1 Å². The number of nitrogens with one attached hydrogen (secondary N) is 11. The van der Waals surface area contributed by atoms with Crippen LogP contribution in [0.1, 0.15) is 78.3 Å². The molecule has 0 saturated carbocycles. The molecule has 684 valence electrons. The van der Waals surface area contributed by atoms with E-state index in [0.717, 1.165) is 46.1 Å². The van der Waals surface area contributed by atoms with Crippen molar-refractivity contribution in [3.05, 3.63) is 246 Å². The number of hydrazine groups is 3. The number of H-pyrrole nitrogens is 5. The van der Waals surface area contributed by atoms with Gasteiger partial charge in [-0.3, -0.25) is 90.8 Å². The maximum atomic E-state index is 12.8. The lowest BCUT2D eigenvalue weighted by Gasteiger charge is -2.22. The third kappa shape index (κ3) is 26.1. The van der Waals surface area contributed by atoms with Crippen molar-refractivity contribution in [3.8, 4) is 22.8 Å². The normalized spacial score (nSPS) is 15.2. The van der Waals surface area contributed by atoms with Crippen LogP contribution in [0.5, 0.6) is 5.75 Å². The number of hydrogen-bond donors (Lipinski definition) is 14. The molecule has 3 aliphatic rings. The Morgan fingerprint density at radius 2 is 1.31 bits per heavy atom. The number of benzene rings is 8. The molecule has 13 aromatic rings. The smallest absolute Gasteiger partial charge is 0.349 e. The third-order valence-corrected chi connectivity index (χ3v) is 23.2. The van der Waals surface area contributed by atoms with E-state index in [2.05, 4.69) is 124 Å². The first-order valence-electron chi connectivity index (χ1n) is 39.1. The number of carbonyl (C=O) groups is 6. The number of nitro benzene ring substituents is 1. The number of sulfonamides is 1. The summed E-state index contributed by atoms with van der Waals surface area (Å²) in [5, 5.41) is 93.8. The topological polar surface area (TPSA) is 575 Å². The Kier molecular flexibility index (Phi) is 33.6. The Labute approximate surface area is 774 Å². The Bertz CT molecular complexity index is 6530. The van der Waals surface area contributed by atoms with Gasteiger partial charge in [-0.25, -0.2) is 32.6 Å². The molecule has 4 amide bonds.